The predicted molar refractivity (Wildman–Crippen MR) is 78.9 cm³/mol. The van der Waals surface area contributed by atoms with Crippen molar-refractivity contribution >= 4 is 49.3 Å². The van der Waals surface area contributed by atoms with E-state index in [9.17, 15) is 13.2 Å². The number of hydrogen-bond donors (Lipinski definition) is 3. The Hall–Kier alpha value is -2.60. The van der Waals surface area contributed by atoms with Crippen molar-refractivity contribution in [2.75, 3.05) is 10.0 Å². The molecule has 114 valence electrons. The minimum Gasteiger partial charge on any atom is -0.343 e. The first-order valence-electron chi connectivity index (χ1n) is 5.87. The molecule has 3 aromatic rings. The Kier molecular flexibility index (Phi) is 3.46. The fraction of sp³-hybridized carbons (Fsp3) is 0.100. The lowest BCUT2D eigenvalue weighted by atomic mass is 10.4. The Morgan fingerprint density at radius 3 is 2.91 bits per heavy atom. The molecule has 0 aliphatic heterocycles. The van der Waals surface area contributed by atoms with Crippen molar-refractivity contribution in [3.05, 3.63) is 18.6 Å². The van der Waals surface area contributed by atoms with Gasteiger partial charge in [-0.2, -0.15) is 8.42 Å². The van der Waals surface area contributed by atoms with E-state index in [2.05, 4.69) is 35.2 Å². The van der Waals surface area contributed by atoms with E-state index < -0.39 is 10.0 Å². The van der Waals surface area contributed by atoms with Crippen LogP contribution in [0.1, 0.15) is 6.92 Å². The minimum atomic E-state index is -3.91. The molecule has 10 nitrogen and oxygen atoms in total. The predicted octanol–water partition coefficient (Wildman–Crippen LogP) is 0.569. The van der Waals surface area contributed by atoms with Gasteiger partial charge in [0.05, 0.1) is 23.7 Å². The molecule has 1 amide bonds. The number of hydrogen-bond acceptors (Lipinski definition) is 8. The highest BCUT2D eigenvalue weighted by Gasteiger charge is 2.21. The summed E-state index contributed by atoms with van der Waals surface area (Å²) in [5, 5.41) is 9.62. The SMILES string of the molecule is CC(=O)Nc1nnc(S(=O)(=O)Nc2cnc3nc[nH]c3c2)s1. The van der Waals surface area contributed by atoms with Gasteiger partial charge in [-0.3, -0.25) is 9.52 Å². The van der Waals surface area contributed by atoms with E-state index in [1.165, 1.54) is 19.4 Å². The van der Waals surface area contributed by atoms with Crippen LogP contribution in [0, 0.1) is 0 Å². The van der Waals surface area contributed by atoms with Crippen molar-refractivity contribution in [3.63, 3.8) is 0 Å². The fourth-order valence-corrected chi connectivity index (χ4v) is 3.59. The maximum Gasteiger partial charge on any atom is 0.291 e. The number of amides is 1. The van der Waals surface area contributed by atoms with Crippen LogP contribution in [0.3, 0.4) is 0 Å². The van der Waals surface area contributed by atoms with Gasteiger partial charge in [-0.1, -0.05) is 11.3 Å². The Morgan fingerprint density at radius 2 is 2.14 bits per heavy atom. The van der Waals surface area contributed by atoms with E-state index in [1.54, 1.807) is 6.07 Å². The van der Waals surface area contributed by atoms with Crippen LogP contribution in [0.25, 0.3) is 11.2 Å². The highest BCUT2D eigenvalue weighted by Crippen LogP contribution is 2.23. The summed E-state index contributed by atoms with van der Waals surface area (Å²) in [4.78, 5) is 21.7. The molecule has 22 heavy (non-hydrogen) atoms. The van der Waals surface area contributed by atoms with E-state index in [0.29, 0.717) is 11.2 Å². The number of aromatic nitrogens is 5. The zero-order valence-corrected chi connectivity index (χ0v) is 12.7. The molecule has 0 saturated carbocycles. The first-order valence-corrected chi connectivity index (χ1v) is 8.17. The average Bonchev–Trinajstić information content (AvgIpc) is 3.06. The molecule has 3 N–H and O–H groups in total. The summed E-state index contributed by atoms with van der Waals surface area (Å²) in [5.41, 5.74) is 1.33. The molecule has 0 saturated heterocycles. The van der Waals surface area contributed by atoms with E-state index in [4.69, 9.17) is 0 Å². The second-order valence-electron chi connectivity index (χ2n) is 4.16. The van der Waals surface area contributed by atoms with Crippen LogP contribution in [-0.2, 0) is 14.8 Å². The molecule has 0 unspecified atom stereocenters. The number of aromatic amines is 1. The van der Waals surface area contributed by atoms with Gasteiger partial charge < -0.3 is 10.3 Å². The minimum absolute atomic E-state index is 0.107. The molecular formula is C10H9N7O3S2. The monoisotopic (exact) mass is 339 g/mol. The number of sulfonamides is 1. The number of carbonyl (C=O) groups is 1. The Labute approximate surface area is 128 Å². The second-order valence-corrected chi connectivity index (χ2v) is 6.99. The molecular weight excluding hydrogens is 330 g/mol. The number of imidazole rings is 1. The summed E-state index contributed by atoms with van der Waals surface area (Å²) < 4.78 is 26.5. The van der Waals surface area contributed by atoms with Crippen molar-refractivity contribution in [2.45, 2.75) is 11.3 Å². The number of nitrogens with zero attached hydrogens (tertiary/aromatic N) is 4. The summed E-state index contributed by atoms with van der Waals surface area (Å²) in [6.07, 6.45) is 2.80. The van der Waals surface area contributed by atoms with Gasteiger partial charge in [0.2, 0.25) is 11.0 Å². The molecule has 0 aliphatic carbocycles. The molecule has 0 atom stereocenters. The maximum absolute atomic E-state index is 12.2. The lowest BCUT2D eigenvalue weighted by Crippen LogP contribution is -2.12. The van der Waals surface area contributed by atoms with Gasteiger partial charge in [0.25, 0.3) is 14.4 Å². The third-order valence-corrected chi connectivity index (χ3v) is 5.03. The van der Waals surface area contributed by atoms with Gasteiger partial charge in [-0.05, 0) is 6.07 Å². The van der Waals surface area contributed by atoms with Crippen molar-refractivity contribution < 1.29 is 13.2 Å². The number of pyridine rings is 1. The van der Waals surface area contributed by atoms with E-state index in [1.807, 2.05) is 0 Å². The number of anilines is 2. The Morgan fingerprint density at radius 1 is 1.32 bits per heavy atom. The second kappa shape index (κ2) is 5.31. The Bertz CT molecular complexity index is 946. The fourth-order valence-electron chi connectivity index (χ4n) is 1.60. The van der Waals surface area contributed by atoms with Crippen molar-refractivity contribution in [1.29, 1.82) is 0 Å². The van der Waals surface area contributed by atoms with Crippen LogP contribution < -0.4 is 10.0 Å². The van der Waals surface area contributed by atoms with Crippen LogP contribution in [-0.4, -0.2) is 39.5 Å². The van der Waals surface area contributed by atoms with Crippen molar-refractivity contribution in [1.82, 2.24) is 25.1 Å². The molecule has 0 fully saturated rings. The van der Waals surface area contributed by atoms with Crippen LogP contribution in [0.4, 0.5) is 10.8 Å². The van der Waals surface area contributed by atoms with Gasteiger partial charge in [-0.15, -0.1) is 10.2 Å². The molecule has 0 radical (unpaired) electrons. The summed E-state index contributed by atoms with van der Waals surface area (Å²) in [6.45, 7) is 1.29. The van der Waals surface area contributed by atoms with Crippen LogP contribution in [0.5, 0.6) is 0 Å². The zero-order valence-electron chi connectivity index (χ0n) is 11.1. The highest BCUT2D eigenvalue weighted by atomic mass is 32.2. The highest BCUT2D eigenvalue weighted by molar-refractivity contribution is 7.94. The van der Waals surface area contributed by atoms with Gasteiger partial charge in [0.15, 0.2) is 5.65 Å². The standard InChI is InChI=1S/C10H9N7O3S2/c1-5(18)14-9-15-16-10(21-9)22(19,20)17-6-2-7-8(11-3-6)13-4-12-7/h2-4,17H,1H3,(H,11,12,13)(H,14,15,18). The van der Waals surface area contributed by atoms with Gasteiger partial charge in [0, 0.05) is 6.92 Å². The third kappa shape index (κ3) is 2.87. The third-order valence-electron chi connectivity index (χ3n) is 2.45. The molecule has 3 rings (SSSR count). The first kappa shape index (κ1) is 14.3. The zero-order chi connectivity index (χ0) is 15.7. The number of H-pyrrole nitrogens is 1. The van der Waals surface area contributed by atoms with Crippen LogP contribution in [0.2, 0.25) is 0 Å². The number of nitrogens with one attached hydrogen (secondary N) is 3. The van der Waals surface area contributed by atoms with Gasteiger partial charge in [-0.25, -0.2) is 9.97 Å². The van der Waals surface area contributed by atoms with E-state index >= 15 is 0 Å². The first-order chi connectivity index (χ1) is 10.4. The summed E-state index contributed by atoms with van der Waals surface area (Å²) in [6, 6.07) is 1.56. The molecule has 0 bridgehead atoms. The van der Waals surface area contributed by atoms with Crippen molar-refractivity contribution in [2.24, 2.45) is 0 Å². The summed E-state index contributed by atoms with van der Waals surface area (Å²) >= 11 is 0.747. The normalized spacial score (nSPS) is 11.5. The quantitative estimate of drug-likeness (QED) is 0.590. The smallest absolute Gasteiger partial charge is 0.291 e. The molecule has 0 spiro atoms. The number of rotatable bonds is 4. The van der Waals surface area contributed by atoms with Crippen LogP contribution in [0.15, 0.2) is 22.9 Å². The average molecular weight is 339 g/mol. The summed E-state index contributed by atoms with van der Waals surface area (Å²) in [5.74, 6) is -0.359. The molecule has 0 aliphatic rings. The molecule has 0 aromatic carbocycles. The van der Waals surface area contributed by atoms with Crippen LogP contribution >= 0.6 is 11.3 Å². The number of carbonyl (C=O) groups excluding carboxylic acids is 1. The van der Waals surface area contributed by atoms with E-state index in [0.717, 1.165) is 11.3 Å². The van der Waals surface area contributed by atoms with Crippen molar-refractivity contribution in [3.8, 4) is 0 Å². The van der Waals surface area contributed by atoms with Gasteiger partial charge in [0.1, 0.15) is 0 Å². The maximum atomic E-state index is 12.2. The topological polar surface area (TPSA) is 143 Å². The molecule has 12 heteroatoms. The van der Waals surface area contributed by atoms with E-state index in [-0.39, 0.29) is 21.1 Å². The largest absolute Gasteiger partial charge is 0.343 e. The lowest BCUT2D eigenvalue weighted by Gasteiger charge is -2.03. The molecule has 3 aromatic heterocycles. The number of fused-ring (bicyclic) bond motifs is 1. The summed E-state index contributed by atoms with van der Waals surface area (Å²) in [7, 11) is -3.91. The lowest BCUT2D eigenvalue weighted by molar-refractivity contribution is -0.114. The van der Waals surface area contributed by atoms with Gasteiger partial charge >= 0.3 is 0 Å². The Balaban J connectivity index is 1.86. The molecule has 3 heterocycles.